The van der Waals surface area contributed by atoms with E-state index in [1.807, 2.05) is 24.1 Å². The van der Waals surface area contributed by atoms with Crippen molar-refractivity contribution in [2.24, 2.45) is 5.92 Å². The Morgan fingerprint density at radius 1 is 1.27 bits per heavy atom. The topological polar surface area (TPSA) is 53.7 Å². The number of amides is 1. The predicted octanol–water partition coefficient (Wildman–Crippen LogP) is 1.45. The third-order valence-corrected chi connectivity index (χ3v) is 4.07. The van der Waals surface area contributed by atoms with Gasteiger partial charge in [0.2, 0.25) is 0 Å². The van der Waals surface area contributed by atoms with Crippen LogP contribution in [0.25, 0.3) is 5.65 Å². The van der Waals surface area contributed by atoms with E-state index in [1.54, 1.807) is 10.7 Å². The number of rotatable bonds is 3. The van der Waals surface area contributed by atoms with Crippen molar-refractivity contribution < 1.29 is 4.79 Å². The van der Waals surface area contributed by atoms with Gasteiger partial charge >= 0.3 is 0 Å². The largest absolute Gasteiger partial charge is 0.336 e. The zero-order valence-corrected chi connectivity index (χ0v) is 13.5. The van der Waals surface area contributed by atoms with E-state index < -0.39 is 0 Å². The number of hydrogen-bond donors (Lipinski definition) is 0. The highest BCUT2D eigenvalue weighted by atomic mass is 16.2. The van der Waals surface area contributed by atoms with Crippen molar-refractivity contribution >= 4 is 11.6 Å². The van der Waals surface area contributed by atoms with Gasteiger partial charge in [0.15, 0.2) is 5.65 Å². The van der Waals surface area contributed by atoms with E-state index in [1.165, 1.54) is 0 Å². The molecule has 0 radical (unpaired) electrons. The second-order valence-corrected chi connectivity index (χ2v) is 6.33. The lowest BCUT2D eigenvalue weighted by Crippen LogP contribution is -2.49. The van der Waals surface area contributed by atoms with Crippen LogP contribution in [-0.4, -0.2) is 63.0 Å². The van der Waals surface area contributed by atoms with E-state index in [2.05, 4.69) is 28.8 Å². The summed E-state index contributed by atoms with van der Waals surface area (Å²) in [6, 6.07) is 1.82. The first kappa shape index (κ1) is 15.0. The minimum absolute atomic E-state index is 0.0513. The molecule has 0 aliphatic carbocycles. The molecule has 0 aromatic carbocycles. The molecule has 0 bridgehead atoms. The SMILES string of the molecule is Cc1nn2cccnc2c1C(=O)N1CCN(CC(C)C)CC1. The average molecular weight is 301 g/mol. The van der Waals surface area contributed by atoms with E-state index in [0.717, 1.165) is 38.4 Å². The number of carbonyl (C=O) groups is 1. The Labute approximate surface area is 130 Å². The Bertz CT molecular complexity index is 670. The number of aryl methyl sites for hydroxylation is 1. The van der Waals surface area contributed by atoms with Crippen molar-refractivity contribution in [1.82, 2.24) is 24.4 Å². The molecule has 6 heteroatoms. The third kappa shape index (κ3) is 2.83. The van der Waals surface area contributed by atoms with Gasteiger partial charge in [0.05, 0.1) is 5.69 Å². The molecule has 2 aromatic heterocycles. The number of piperazine rings is 1. The Kier molecular flexibility index (Phi) is 4.11. The van der Waals surface area contributed by atoms with Gasteiger partial charge < -0.3 is 4.90 Å². The first-order valence-corrected chi connectivity index (χ1v) is 7.88. The second-order valence-electron chi connectivity index (χ2n) is 6.33. The quantitative estimate of drug-likeness (QED) is 0.861. The van der Waals surface area contributed by atoms with Gasteiger partial charge in [-0.3, -0.25) is 9.69 Å². The summed E-state index contributed by atoms with van der Waals surface area (Å²) in [4.78, 5) is 21.5. The molecule has 0 N–H and O–H groups in total. The molecule has 1 aliphatic rings. The third-order valence-electron chi connectivity index (χ3n) is 4.07. The fraction of sp³-hybridized carbons (Fsp3) is 0.562. The van der Waals surface area contributed by atoms with Crippen molar-refractivity contribution in [2.45, 2.75) is 20.8 Å². The van der Waals surface area contributed by atoms with Crippen LogP contribution in [0, 0.1) is 12.8 Å². The van der Waals surface area contributed by atoms with E-state index in [4.69, 9.17) is 0 Å². The summed E-state index contributed by atoms with van der Waals surface area (Å²) < 4.78 is 1.68. The lowest BCUT2D eigenvalue weighted by Gasteiger charge is -2.35. The summed E-state index contributed by atoms with van der Waals surface area (Å²) in [5.41, 5.74) is 2.03. The van der Waals surface area contributed by atoms with Crippen LogP contribution in [0.3, 0.4) is 0 Å². The predicted molar refractivity (Wildman–Crippen MR) is 84.9 cm³/mol. The molecule has 1 saturated heterocycles. The van der Waals surface area contributed by atoms with E-state index in [0.29, 0.717) is 17.1 Å². The number of carbonyl (C=O) groups excluding carboxylic acids is 1. The molecular weight excluding hydrogens is 278 g/mol. The number of fused-ring (bicyclic) bond motifs is 1. The van der Waals surface area contributed by atoms with Crippen molar-refractivity contribution in [1.29, 1.82) is 0 Å². The van der Waals surface area contributed by atoms with Crippen molar-refractivity contribution in [3.05, 3.63) is 29.7 Å². The molecule has 1 fully saturated rings. The molecule has 2 aromatic rings. The highest BCUT2D eigenvalue weighted by Crippen LogP contribution is 2.17. The summed E-state index contributed by atoms with van der Waals surface area (Å²) in [6.07, 6.45) is 3.53. The van der Waals surface area contributed by atoms with Gasteiger partial charge in [-0.15, -0.1) is 0 Å². The van der Waals surface area contributed by atoms with Crippen LogP contribution in [0.2, 0.25) is 0 Å². The van der Waals surface area contributed by atoms with Gasteiger partial charge in [-0.2, -0.15) is 5.10 Å². The van der Waals surface area contributed by atoms with Gasteiger partial charge in [-0.05, 0) is 18.9 Å². The molecule has 1 amide bonds. The molecule has 0 unspecified atom stereocenters. The number of aromatic nitrogens is 3. The summed E-state index contributed by atoms with van der Waals surface area (Å²) in [5, 5.41) is 4.38. The van der Waals surface area contributed by atoms with Crippen LogP contribution < -0.4 is 0 Å². The first-order valence-electron chi connectivity index (χ1n) is 7.88. The lowest BCUT2D eigenvalue weighted by molar-refractivity contribution is 0.0625. The van der Waals surface area contributed by atoms with Crippen LogP contribution in [0.5, 0.6) is 0 Å². The van der Waals surface area contributed by atoms with Gasteiger partial charge in [-0.1, -0.05) is 13.8 Å². The number of hydrogen-bond acceptors (Lipinski definition) is 4. The molecule has 0 spiro atoms. The molecule has 1 aliphatic heterocycles. The molecule has 0 atom stereocenters. The highest BCUT2D eigenvalue weighted by Gasteiger charge is 2.26. The molecular formula is C16H23N5O. The maximum atomic E-state index is 12.8. The smallest absolute Gasteiger partial charge is 0.259 e. The maximum absolute atomic E-state index is 12.8. The van der Waals surface area contributed by atoms with Crippen molar-refractivity contribution in [3.8, 4) is 0 Å². The monoisotopic (exact) mass is 301 g/mol. The Hall–Kier alpha value is -1.95. The fourth-order valence-electron chi connectivity index (χ4n) is 3.06. The Morgan fingerprint density at radius 2 is 2.00 bits per heavy atom. The van der Waals surface area contributed by atoms with E-state index in [9.17, 15) is 4.79 Å². The molecule has 118 valence electrons. The second kappa shape index (κ2) is 6.04. The first-order chi connectivity index (χ1) is 10.6. The summed E-state index contributed by atoms with van der Waals surface area (Å²) in [6.45, 7) is 10.9. The molecule has 22 heavy (non-hydrogen) atoms. The molecule has 3 rings (SSSR count). The summed E-state index contributed by atoms with van der Waals surface area (Å²) in [7, 11) is 0. The van der Waals surface area contributed by atoms with E-state index in [-0.39, 0.29) is 5.91 Å². The van der Waals surface area contributed by atoms with Crippen LogP contribution in [-0.2, 0) is 0 Å². The van der Waals surface area contributed by atoms with Gasteiger partial charge in [0.1, 0.15) is 5.56 Å². The summed E-state index contributed by atoms with van der Waals surface area (Å²) >= 11 is 0. The number of nitrogens with zero attached hydrogens (tertiary/aromatic N) is 5. The van der Waals surface area contributed by atoms with Crippen LogP contribution in [0.4, 0.5) is 0 Å². The van der Waals surface area contributed by atoms with Crippen LogP contribution in [0.1, 0.15) is 29.9 Å². The van der Waals surface area contributed by atoms with Gasteiger partial charge in [0.25, 0.3) is 5.91 Å². The standard InChI is InChI=1S/C16H23N5O/c1-12(2)11-19-7-9-20(10-8-19)16(22)14-13(3)18-21-6-4-5-17-15(14)21/h4-6,12H,7-11H2,1-3H3. The lowest BCUT2D eigenvalue weighted by atomic mass is 10.1. The van der Waals surface area contributed by atoms with Crippen LogP contribution in [0.15, 0.2) is 18.5 Å². The zero-order valence-electron chi connectivity index (χ0n) is 13.5. The Balaban J connectivity index is 1.76. The summed E-state index contributed by atoms with van der Waals surface area (Å²) in [5.74, 6) is 0.712. The molecule has 3 heterocycles. The average Bonchev–Trinajstić information content (AvgIpc) is 2.82. The molecule has 6 nitrogen and oxygen atoms in total. The Morgan fingerprint density at radius 3 is 2.68 bits per heavy atom. The van der Waals surface area contributed by atoms with Crippen molar-refractivity contribution in [3.63, 3.8) is 0 Å². The zero-order chi connectivity index (χ0) is 15.7. The normalized spacial score (nSPS) is 16.6. The molecule has 0 saturated carbocycles. The van der Waals surface area contributed by atoms with Crippen molar-refractivity contribution in [2.75, 3.05) is 32.7 Å². The van der Waals surface area contributed by atoms with Gasteiger partial charge in [0, 0.05) is 45.1 Å². The minimum atomic E-state index is 0.0513. The van der Waals surface area contributed by atoms with E-state index >= 15 is 0 Å². The fourth-order valence-corrected chi connectivity index (χ4v) is 3.06. The van der Waals surface area contributed by atoms with Gasteiger partial charge in [-0.25, -0.2) is 9.50 Å². The van der Waals surface area contributed by atoms with Crippen LogP contribution >= 0.6 is 0 Å². The highest BCUT2D eigenvalue weighted by molar-refractivity contribution is 6.01. The minimum Gasteiger partial charge on any atom is -0.336 e. The maximum Gasteiger partial charge on any atom is 0.259 e.